The monoisotopic (exact) mass is 433 g/mol. The van der Waals surface area contributed by atoms with E-state index in [-0.39, 0.29) is 0 Å². The van der Waals surface area contributed by atoms with Gasteiger partial charge in [-0.25, -0.2) is 0 Å². The summed E-state index contributed by atoms with van der Waals surface area (Å²) >= 11 is 9.11. The molecule has 7 nitrogen and oxygen atoms in total. The number of halogens is 1. The molecule has 0 spiro atoms. The van der Waals surface area contributed by atoms with Gasteiger partial charge in [0, 0.05) is 17.1 Å². The first-order chi connectivity index (χ1) is 13.7. The lowest BCUT2D eigenvalue weighted by Gasteiger charge is -2.06. The maximum atomic E-state index is 6.02. The van der Waals surface area contributed by atoms with E-state index in [0.29, 0.717) is 22.5 Å². The Hall–Kier alpha value is -2.36. The predicted octanol–water partition coefficient (Wildman–Crippen LogP) is 5.03. The first-order valence-electron chi connectivity index (χ1n) is 8.46. The molecule has 3 aromatic heterocycles. The number of aromatic nitrogens is 5. The van der Waals surface area contributed by atoms with Crippen LogP contribution in [0.15, 0.2) is 45.4 Å². The van der Waals surface area contributed by atoms with E-state index in [1.54, 1.807) is 30.6 Å². The number of thiophene rings is 1. The third kappa shape index (κ3) is 3.78. The molecule has 28 heavy (non-hydrogen) atoms. The second-order valence-corrected chi connectivity index (χ2v) is 7.98. The van der Waals surface area contributed by atoms with E-state index in [1.807, 2.05) is 23.6 Å². The molecule has 0 saturated heterocycles. The lowest BCUT2D eigenvalue weighted by atomic mass is 10.2. The minimum atomic E-state index is 0.444. The molecule has 1 aromatic carbocycles. The lowest BCUT2D eigenvalue weighted by molar-refractivity contribution is 0.417. The van der Waals surface area contributed by atoms with Crippen molar-refractivity contribution in [2.24, 2.45) is 0 Å². The summed E-state index contributed by atoms with van der Waals surface area (Å²) in [4.78, 5) is 5.41. The van der Waals surface area contributed by atoms with Crippen molar-refractivity contribution < 1.29 is 9.26 Å². The Morgan fingerprint density at radius 1 is 1.29 bits per heavy atom. The fraction of sp³-hybridized carbons (Fsp3) is 0.222. The fourth-order valence-corrected chi connectivity index (χ4v) is 4.54. The number of thioether (sulfide) groups is 1. The van der Waals surface area contributed by atoms with E-state index in [2.05, 4.69) is 31.8 Å². The summed E-state index contributed by atoms with van der Waals surface area (Å²) in [5.74, 6) is 3.14. The second kappa shape index (κ2) is 8.34. The summed E-state index contributed by atoms with van der Waals surface area (Å²) in [6.07, 6.45) is 0. The van der Waals surface area contributed by atoms with Gasteiger partial charge in [0.2, 0.25) is 0 Å². The van der Waals surface area contributed by atoms with Crippen LogP contribution in [0, 0.1) is 0 Å². The van der Waals surface area contributed by atoms with E-state index in [1.165, 1.54) is 11.8 Å². The fourth-order valence-electron chi connectivity index (χ4n) is 2.65. The minimum Gasteiger partial charge on any atom is -0.495 e. The number of ether oxygens (including phenoxy) is 1. The number of rotatable bonds is 7. The largest absolute Gasteiger partial charge is 0.495 e. The van der Waals surface area contributed by atoms with Crippen LogP contribution < -0.4 is 4.74 Å². The zero-order chi connectivity index (χ0) is 19.5. The molecule has 0 unspecified atom stereocenters. The Labute approximate surface area is 174 Å². The normalized spacial score (nSPS) is 11.1. The molecule has 0 aliphatic heterocycles. The molecule has 0 radical (unpaired) electrons. The standard InChI is InChI=1S/C18H16ClN5O2S2/c1-3-24-16(15-13(25-2)7-8-27-15)21-22-18(24)28-10-14-20-17(26-23-14)11-5-4-6-12(19)9-11/h4-9H,3,10H2,1-2H3. The van der Waals surface area contributed by atoms with E-state index in [4.69, 9.17) is 20.9 Å². The zero-order valence-electron chi connectivity index (χ0n) is 15.1. The number of benzene rings is 1. The van der Waals surface area contributed by atoms with Crippen molar-refractivity contribution in [3.63, 3.8) is 0 Å². The highest BCUT2D eigenvalue weighted by atomic mass is 35.5. The molecule has 0 saturated carbocycles. The van der Waals surface area contributed by atoms with Crippen molar-refractivity contribution in [1.82, 2.24) is 24.9 Å². The van der Waals surface area contributed by atoms with Crippen LogP contribution in [-0.4, -0.2) is 32.0 Å². The minimum absolute atomic E-state index is 0.444. The van der Waals surface area contributed by atoms with Gasteiger partial charge in [0.15, 0.2) is 16.8 Å². The molecular weight excluding hydrogens is 418 g/mol. The van der Waals surface area contributed by atoms with Gasteiger partial charge in [0.05, 0.1) is 12.9 Å². The van der Waals surface area contributed by atoms with Gasteiger partial charge in [0.25, 0.3) is 5.89 Å². The molecular formula is C18H16ClN5O2S2. The molecule has 4 aromatic rings. The van der Waals surface area contributed by atoms with Crippen molar-refractivity contribution >= 4 is 34.7 Å². The van der Waals surface area contributed by atoms with Crippen LogP contribution in [0.5, 0.6) is 5.75 Å². The van der Waals surface area contributed by atoms with Gasteiger partial charge in [-0.1, -0.05) is 34.6 Å². The van der Waals surface area contributed by atoms with E-state index in [9.17, 15) is 0 Å². The average Bonchev–Trinajstić information content (AvgIpc) is 3.44. The molecule has 0 aliphatic rings. The number of methoxy groups -OCH3 is 1. The highest BCUT2D eigenvalue weighted by Gasteiger charge is 2.19. The van der Waals surface area contributed by atoms with Gasteiger partial charge >= 0.3 is 0 Å². The molecule has 3 heterocycles. The van der Waals surface area contributed by atoms with Crippen LogP contribution in [0.3, 0.4) is 0 Å². The van der Waals surface area contributed by atoms with Gasteiger partial charge in [-0.05, 0) is 36.6 Å². The lowest BCUT2D eigenvalue weighted by Crippen LogP contribution is -2.00. The van der Waals surface area contributed by atoms with Gasteiger partial charge in [-0.2, -0.15) is 4.98 Å². The third-order valence-corrected chi connectivity index (χ3v) is 6.04. The summed E-state index contributed by atoms with van der Waals surface area (Å²) in [5, 5.41) is 16.1. The van der Waals surface area contributed by atoms with Gasteiger partial charge in [-0.3, -0.25) is 0 Å². The van der Waals surface area contributed by atoms with Gasteiger partial charge in [-0.15, -0.1) is 21.5 Å². The van der Waals surface area contributed by atoms with E-state index >= 15 is 0 Å². The van der Waals surface area contributed by atoms with Crippen LogP contribution in [0.25, 0.3) is 22.2 Å². The molecule has 0 fully saturated rings. The van der Waals surface area contributed by atoms with Crippen molar-refractivity contribution in [2.75, 3.05) is 7.11 Å². The van der Waals surface area contributed by atoms with E-state index < -0.39 is 0 Å². The Morgan fingerprint density at radius 2 is 2.18 bits per heavy atom. The molecule has 0 N–H and O–H groups in total. The van der Waals surface area contributed by atoms with Crippen LogP contribution >= 0.6 is 34.7 Å². The number of nitrogens with zero attached hydrogens (tertiary/aromatic N) is 5. The Kier molecular flexibility index (Phi) is 5.65. The SMILES string of the molecule is CCn1c(SCc2noc(-c3cccc(Cl)c3)n2)nnc1-c1sccc1OC. The molecule has 4 rings (SSSR count). The smallest absolute Gasteiger partial charge is 0.258 e. The average molecular weight is 434 g/mol. The first-order valence-corrected chi connectivity index (χ1v) is 10.7. The highest BCUT2D eigenvalue weighted by molar-refractivity contribution is 7.98. The Morgan fingerprint density at radius 3 is 2.96 bits per heavy atom. The predicted molar refractivity (Wildman–Crippen MR) is 110 cm³/mol. The Balaban J connectivity index is 1.52. The third-order valence-electron chi connectivity index (χ3n) is 3.96. The quantitative estimate of drug-likeness (QED) is 0.378. The maximum absolute atomic E-state index is 6.02. The molecule has 0 aliphatic carbocycles. The van der Waals surface area contributed by atoms with Crippen molar-refractivity contribution in [3.05, 3.63) is 46.6 Å². The first kappa shape index (κ1) is 19.0. The van der Waals surface area contributed by atoms with Crippen LogP contribution in [0.1, 0.15) is 12.7 Å². The zero-order valence-corrected chi connectivity index (χ0v) is 17.5. The van der Waals surface area contributed by atoms with Crippen molar-refractivity contribution in [2.45, 2.75) is 24.4 Å². The highest BCUT2D eigenvalue weighted by Crippen LogP contribution is 2.36. The number of hydrogen-bond acceptors (Lipinski definition) is 8. The summed E-state index contributed by atoms with van der Waals surface area (Å²) in [7, 11) is 1.65. The molecule has 0 atom stereocenters. The van der Waals surface area contributed by atoms with Crippen LogP contribution in [-0.2, 0) is 12.3 Å². The summed E-state index contributed by atoms with van der Waals surface area (Å²) in [6, 6.07) is 9.25. The number of hydrogen-bond donors (Lipinski definition) is 0. The summed E-state index contributed by atoms with van der Waals surface area (Å²) < 4.78 is 12.8. The molecule has 10 heteroatoms. The van der Waals surface area contributed by atoms with Gasteiger partial charge in [0.1, 0.15) is 10.6 Å². The van der Waals surface area contributed by atoms with Crippen molar-refractivity contribution in [1.29, 1.82) is 0 Å². The maximum Gasteiger partial charge on any atom is 0.258 e. The topological polar surface area (TPSA) is 78.9 Å². The van der Waals surface area contributed by atoms with Gasteiger partial charge < -0.3 is 13.8 Å². The van der Waals surface area contributed by atoms with E-state index in [0.717, 1.165) is 33.7 Å². The van der Waals surface area contributed by atoms with Crippen molar-refractivity contribution in [3.8, 4) is 27.9 Å². The second-order valence-electron chi connectivity index (χ2n) is 5.68. The molecule has 0 amide bonds. The molecule has 0 bridgehead atoms. The summed E-state index contributed by atoms with van der Waals surface area (Å²) in [6.45, 7) is 2.80. The van der Waals surface area contributed by atoms with Crippen LogP contribution in [0.2, 0.25) is 5.02 Å². The summed E-state index contributed by atoms with van der Waals surface area (Å²) in [5.41, 5.74) is 0.792. The Bertz CT molecular complexity index is 1090. The van der Waals surface area contributed by atoms with Crippen LogP contribution in [0.4, 0.5) is 0 Å². The molecule has 144 valence electrons.